The fourth-order valence-corrected chi connectivity index (χ4v) is 4.73. The predicted octanol–water partition coefficient (Wildman–Crippen LogP) is 2.68. The third kappa shape index (κ3) is 4.09. The summed E-state index contributed by atoms with van der Waals surface area (Å²) < 4.78 is 29.7. The van der Waals surface area contributed by atoms with Crippen molar-refractivity contribution in [2.45, 2.75) is 49.6 Å². The summed E-state index contributed by atoms with van der Waals surface area (Å²) >= 11 is 0. The molecule has 1 saturated carbocycles. The van der Waals surface area contributed by atoms with Gasteiger partial charge in [-0.15, -0.1) is 0 Å². The molecule has 0 spiro atoms. The SMILES string of the molecule is C[C@H]1CCC[C@@](C#N)(NS(=O)(=O)c2cnn(Cc3ccccc3)c2)C1. The number of benzene rings is 1. The fraction of sp³-hybridized carbons (Fsp3) is 0.444. The second-order valence-corrected chi connectivity index (χ2v) is 8.54. The van der Waals surface area contributed by atoms with Crippen LogP contribution in [-0.4, -0.2) is 23.7 Å². The highest BCUT2D eigenvalue weighted by Gasteiger charge is 2.39. The van der Waals surface area contributed by atoms with E-state index in [1.165, 1.54) is 12.4 Å². The first-order valence-electron chi connectivity index (χ1n) is 8.44. The van der Waals surface area contributed by atoms with Gasteiger partial charge < -0.3 is 0 Å². The largest absolute Gasteiger partial charge is 0.267 e. The molecule has 1 aromatic heterocycles. The maximum atomic E-state index is 12.7. The number of nitriles is 1. The Bertz CT molecular complexity index is 870. The van der Waals surface area contributed by atoms with E-state index < -0.39 is 15.6 Å². The monoisotopic (exact) mass is 358 g/mol. The summed E-state index contributed by atoms with van der Waals surface area (Å²) in [6.45, 7) is 2.55. The highest BCUT2D eigenvalue weighted by Crippen LogP contribution is 2.33. The molecule has 25 heavy (non-hydrogen) atoms. The van der Waals surface area contributed by atoms with Crippen molar-refractivity contribution in [3.05, 3.63) is 48.3 Å². The summed E-state index contributed by atoms with van der Waals surface area (Å²) in [6, 6.07) is 11.9. The van der Waals surface area contributed by atoms with Crippen LogP contribution in [0.15, 0.2) is 47.6 Å². The second-order valence-electron chi connectivity index (χ2n) is 6.86. The lowest BCUT2D eigenvalue weighted by atomic mass is 9.78. The normalized spacial score (nSPS) is 23.9. The smallest absolute Gasteiger partial charge is 0.245 e. The minimum Gasteiger partial charge on any atom is -0.267 e. The van der Waals surface area contributed by atoms with E-state index in [0.29, 0.717) is 25.3 Å². The molecule has 2 atom stereocenters. The molecule has 3 rings (SSSR count). The van der Waals surface area contributed by atoms with Gasteiger partial charge in [0.25, 0.3) is 0 Å². The number of sulfonamides is 1. The molecule has 2 aromatic rings. The van der Waals surface area contributed by atoms with Crippen molar-refractivity contribution in [3.8, 4) is 6.07 Å². The number of hydrogen-bond donors (Lipinski definition) is 1. The van der Waals surface area contributed by atoms with Gasteiger partial charge in [0.1, 0.15) is 10.4 Å². The second kappa shape index (κ2) is 6.98. The van der Waals surface area contributed by atoms with Gasteiger partial charge in [-0.2, -0.15) is 15.1 Å². The van der Waals surface area contributed by atoms with E-state index in [1.807, 2.05) is 30.3 Å². The first-order valence-corrected chi connectivity index (χ1v) is 9.92. The van der Waals surface area contributed by atoms with Gasteiger partial charge in [0.2, 0.25) is 10.0 Å². The first kappa shape index (κ1) is 17.6. The Balaban J connectivity index is 1.77. The van der Waals surface area contributed by atoms with E-state index in [0.717, 1.165) is 18.4 Å². The van der Waals surface area contributed by atoms with Crippen LogP contribution in [0, 0.1) is 17.2 Å². The van der Waals surface area contributed by atoms with Crippen LogP contribution < -0.4 is 4.72 Å². The minimum absolute atomic E-state index is 0.0938. The van der Waals surface area contributed by atoms with E-state index in [1.54, 1.807) is 4.68 Å². The van der Waals surface area contributed by atoms with E-state index >= 15 is 0 Å². The van der Waals surface area contributed by atoms with Crippen LogP contribution in [0.2, 0.25) is 0 Å². The molecule has 1 fully saturated rings. The highest BCUT2D eigenvalue weighted by atomic mass is 32.2. The van der Waals surface area contributed by atoms with Crippen LogP contribution in [0.3, 0.4) is 0 Å². The number of aromatic nitrogens is 2. The van der Waals surface area contributed by atoms with Gasteiger partial charge in [-0.1, -0.05) is 50.1 Å². The van der Waals surface area contributed by atoms with Crippen molar-refractivity contribution in [1.29, 1.82) is 5.26 Å². The molecule has 0 bridgehead atoms. The predicted molar refractivity (Wildman–Crippen MR) is 94.1 cm³/mol. The lowest BCUT2D eigenvalue weighted by Gasteiger charge is -2.34. The van der Waals surface area contributed by atoms with Crippen LogP contribution in [0.25, 0.3) is 0 Å². The van der Waals surface area contributed by atoms with Crippen molar-refractivity contribution in [2.24, 2.45) is 5.92 Å². The molecular formula is C18H22N4O2S. The lowest BCUT2D eigenvalue weighted by molar-refractivity contribution is 0.270. The van der Waals surface area contributed by atoms with E-state index in [-0.39, 0.29) is 4.90 Å². The average molecular weight is 358 g/mol. The van der Waals surface area contributed by atoms with Crippen molar-refractivity contribution in [2.75, 3.05) is 0 Å². The van der Waals surface area contributed by atoms with Crippen molar-refractivity contribution < 1.29 is 8.42 Å². The highest BCUT2D eigenvalue weighted by molar-refractivity contribution is 7.89. The van der Waals surface area contributed by atoms with Gasteiger partial charge in [-0.05, 0) is 24.3 Å². The molecule has 0 saturated heterocycles. The Labute approximate surface area is 148 Å². The fourth-order valence-electron chi connectivity index (χ4n) is 3.42. The van der Waals surface area contributed by atoms with Crippen molar-refractivity contribution in [3.63, 3.8) is 0 Å². The van der Waals surface area contributed by atoms with Gasteiger partial charge in [-0.3, -0.25) is 4.68 Å². The van der Waals surface area contributed by atoms with Gasteiger partial charge in [0, 0.05) is 6.20 Å². The molecule has 6 nitrogen and oxygen atoms in total. The zero-order chi connectivity index (χ0) is 17.9. The summed E-state index contributed by atoms with van der Waals surface area (Å²) in [7, 11) is -3.78. The molecule has 0 amide bonds. The molecule has 1 aromatic carbocycles. The molecule has 0 aliphatic heterocycles. The molecule has 132 valence electrons. The lowest BCUT2D eigenvalue weighted by Crippen LogP contribution is -2.49. The summed E-state index contributed by atoms with van der Waals surface area (Å²) in [5.41, 5.74) is 0.0231. The minimum atomic E-state index is -3.78. The van der Waals surface area contributed by atoms with E-state index in [4.69, 9.17) is 0 Å². The Hall–Kier alpha value is -2.17. The molecule has 1 N–H and O–H groups in total. The Morgan fingerprint density at radius 2 is 2.16 bits per heavy atom. The molecule has 7 heteroatoms. The molecular weight excluding hydrogens is 336 g/mol. The zero-order valence-corrected chi connectivity index (χ0v) is 15.0. The quantitative estimate of drug-likeness (QED) is 0.890. The number of nitrogens with one attached hydrogen (secondary N) is 1. The van der Waals surface area contributed by atoms with E-state index in [9.17, 15) is 13.7 Å². The third-order valence-electron chi connectivity index (χ3n) is 4.65. The van der Waals surface area contributed by atoms with Gasteiger partial charge in [-0.25, -0.2) is 8.42 Å². The van der Waals surface area contributed by atoms with Crippen LogP contribution in [0.4, 0.5) is 0 Å². The summed E-state index contributed by atoms with van der Waals surface area (Å²) in [5.74, 6) is 0.330. The first-order chi connectivity index (χ1) is 11.9. The van der Waals surface area contributed by atoms with Crippen LogP contribution in [-0.2, 0) is 16.6 Å². The average Bonchev–Trinajstić information content (AvgIpc) is 3.05. The summed E-state index contributed by atoms with van der Waals surface area (Å²) in [6.07, 6.45) is 5.81. The molecule has 0 unspecified atom stereocenters. The van der Waals surface area contributed by atoms with Crippen LogP contribution >= 0.6 is 0 Å². The number of hydrogen-bond acceptors (Lipinski definition) is 4. The van der Waals surface area contributed by atoms with Gasteiger partial charge in [0.05, 0.1) is 18.8 Å². The van der Waals surface area contributed by atoms with E-state index in [2.05, 4.69) is 22.8 Å². The van der Waals surface area contributed by atoms with Crippen LogP contribution in [0.1, 0.15) is 38.2 Å². The summed E-state index contributed by atoms with van der Waals surface area (Å²) in [5, 5.41) is 13.7. The van der Waals surface area contributed by atoms with Crippen LogP contribution in [0.5, 0.6) is 0 Å². The zero-order valence-electron chi connectivity index (χ0n) is 14.2. The number of rotatable bonds is 5. The topological polar surface area (TPSA) is 87.8 Å². The maximum absolute atomic E-state index is 12.7. The Morgan fingerprint density at radius 1 is 1.40 bits per heavy atom. The molecule has 1 aliphatic carbocycles. The molecule has 1 aliphatic rings. The Kier molecular flexibility index (Phi) is 4.93. The Morgan fingerprint density at radius 3 is 2.84 bits per heavy atom. The molecule has 0 radical (unpaired) electrons. The summed E-state index contributed by atoms with van der Waals surface area (Å²) in [4.78, 5) is 0.0938. The van der Waals surface area contributed by atoms with Crippen molar-refractivity contribution >= 4 is 10.0 Å². The van der Waals surface area contributed by atoms with Gasteiger partial charge in [0.15, 0.2) is 0 Å². The maximum Gasteiger partial charge on any atom is 0.245 e. The third-order valence-corrected chi connectivity index (χ3v) is 6.14. The van der Waals surface area contributed by atoms with Gasteiger partial charge >= 0.3 is 0 Å². The molecule has 1 heterocycles. The standard InChI is InChI=1S/C18H22N4O2S/c1-15-6-5-9-18(10-15,14-19)21-25(23,24)17-11-20-22(13-17)12-16-7-3-2-4-8-16/h2-4,7-8,11,13,15,21H,5-6,9-10,12H2,1H3/t15-,18+/m0/s1. The number of nitrogens with zero attached hydrogens (tertiary/aromatic N) is 3. The van der Waals surface area contributed by atoms with Crippen molar-refractivity contribution in [1.82, 2.24) is 14.5 Å².